The summed E-state index contributed by atoms with van der Waals surface area (Å²) in [6.07, 6.45) is 0. The average Bonchev–Trinajstić information content (AvgIpc) is 2.46. The van der Waals surface area contributed by atoms with E-state index in [1.807, 2.05) is 18.2 Å². The van der Waals surface area contributed by atoms with Gasteiger partial charge in [-0.2, -0.15) is 0 Å². The number of nitrogens with one attached hydrogen (secondary N) is 1. The lowest BCUT2D eigenvalue weighted by Crippen LogP contribution is -2.17. The van der Waals surface area contributed by atoms with Crippen LogP contribution in [-0.4, -0.2) is 11.1 Å². The normalized spacial score (nSPS) is 12.2. The summed E-state index contributed by atoms with van der Waals surface area (Å²) in [4.78, 5) is 11.2. The van der Waals surface area contributed by atoms with Crippen LogP contribution in [0.4, 0.5) is 5.69 Å². The molecule has 1 unspecified atom stereocenters. The van der Waals surface area contributed by atoms with Gasteiger partial charge >= 0.3 is 5.97 Å². The molecule has 2 aromatic rings. The summed E-state index contributed by atoms with van der Waals surface area (Å²) >= 11 is 5.90. The van der Waals surface area contributed by atoms with E-state index < -0.39 is 5.97 Å². The first-order chi connectivity index (χ1) is 9.99. The quantitative estimate of drug-likeness (QED) is 0.830. The van der Waals surface area contributed by atoms with Gasteiger partial charge in [-0.25, -0.2) is 4.79 Å². The third kappa shape index (κ3) is 3.76. The minimum Gasteiger partial charge on any atom is -0.478 e. The Morgan fingerprint density at radius 2 is 1.81 bits per heavy atom. The van der Waals surface area contributed by atoms with Gasteiger partial charge in [0.15, 0.2) is 0 Å². The third-order valence-electron chi connectivity index (χ3n) is 3.34. The summed E-state index contributed by atoms with van der Waals surface area (Å²) in [6, 6.07) is 15.2. The number of carboxylic acid groups (broad SMARTS) is 1. The van der Waals surface area contributed by atoms with Crippen molar-refractivity contribution in [3.8, 4) is 0 Å². The smallest absolute Gasteiger partial charge is 0.337 e. The summed E-state index contributed by atoms with van der Waals surface area (Å²) in [5.74, 6) is -0.666. The summed E-state index contributed by atoms with van der Waals surface area (Å²) in [5, 5.41) is 12.8. The van der Waals surface area contributed by atoms with Crippen LogP contribution in [0.2, 0.25) is 5.02 Å². The second kappa shape index (κ2) is 6.64. The van der Waals surface area contributed by atoms with E-state index in [9.17, 15) is 4.79 Å². The van der Waals surface area contributed by atoms with E-state index in [0.29, 0.717) is 5.92 Å². The highest BCUT2D eigenvalue weighted by atomic mass is 35.5. The number of aromatic carboxylic acids is 1. The zero-order chi connectivity index (χ0) is 15.4. The molecule has 0 heterocycles. The Bertz CT molecular complexity index is 626. The summed E-state index contributed by atoms with van der Waals surface area (Å²) in [5.41, 5.74) is 2.02. The molecule has 2 N–H and O–H groups in total. The number of benzene rings is 2. The zero-order valence-electron chi connectivity index (χ0n) is 12.0. The number of rotatable bonds is 5. The molecule has 110 valence electrons. The molecule has 0 aromatic heterocycles. The fraction of sp³-hybridized carbons (Fsp3) is 0.235. The van der Waals surface area contributed by atoms with Gasteiger partial charge in [0, 0.05) is 5.69 Å². The molecule has 0 aliphatic rings. The number of hydrogen-bond acceptors (Lipinski definition) is 2. The number of halogens is 1. The molecule has 4 heteroatoms. The Kier molecular flexibility index (Phi) is 4.86. The second-order valence-corrected chi connectivity index (χ2v) is 5.68. The Morgan fingerprint density at radius 1 is 1.14 bits per heavy atom. The van der Waals surface area contributed by atoms with Gasteiger partial charge in [-0.05, 0) is 29.7 Å². The van der Waals surface area contributed by atoms with E-state index in [2.05, 4.69) is 31.3 Å². The predicted molar refractivity (Wildman–Crippen MR) is 86.1 cm³/mol. The lowest BCUT2D eigenvalue weighted by Gasteiger charge is -2.24. The van der Waals surface area contributed by atoms with Gasteiger partial charge in [0.05, 0.1) is 16.6 Å². The molecule has 0 fully saturated rings. The molecular formula is C17H18ClNO2. The van der Waals surface area contributed by atoms with Crippen molar-refractivity contribution in [3.05, 3.63) is 64.7 Å². The van der Waals surface area contributed by atoms with Gasteiger partial charge in [0.2, 0.25) is 0 Å². The predicted octanol–water partition coefficient (Wildman–Crippen LogP) is 4.85. The van der Waals surface area contributed by atoms with E-state index in [-0.39, 0.29) is 16.6 Å². The Hall–Kier alpha value is -2.00. The largest absolute Gasteiger partial charge is 0.478 e. The lowest BCUT2D eigenvalue weighted by atomic mass is 9.95. The van der Waals surface area contributed by atoms with E-state index in [4.69, 9.17) is 16.7 Å². The molecule has 0 spiro atoms. The van der Waals surface area contributed by atoms with Gasteiger partial charge in [-0.3, -0.25) is 0 Å². The molecule has 3 nitrogen and oxygen atoms in total. The van der Waals surface area contributed by atoms with Crippen LogP contribution >= 0.6 is 11.6 Å². The highest BCUT2D eigenvalue weighted by Gasteiger charge is 2.17. The molecule has 0 aliphatic carbocycles. The Labute approximate surface area is 129 Å². The molecule has 1 atom stereocenters. The summed E-state index contributed by atoms with van der Waals surface area (Å²) in [6.45, 7) is 4.25. The van der Waals surface area contributed by atoms with Crippen LogP contribution in [0.1, 0.15) is 35.8 Å². The van der Waals surface area contributed by atoms with Crippen LogP contribution in [0.3, 0.4) is 0 Å². The maximum absolute atomic E-state index is 11.2. The van der Waals surface area contributed by atoms with E-state index in [0.717, 1.165) is 5.69 Å². The molecule has 2 aromatic carbocycles. The molecule has 0 saturated heterocycles. The van der Waals surface area contributed by atoms with Crippen LogP contribution in [-0.2, 0) is 0 Å². The monoisotopic (exact) mass is 303 g/mol. The number of hydrogen-bond donors (Lipinski definition) is 2. The number of carboxylic acids is 1. The van der Waals surface area contributed by atoms with Crippen LogP contribution in [0.25, 0.3) is 0 Å². The first kappa shape index (κ1) is 15.4. The zero-order valence-corrected chi connectivity index (χ0v) is 12.8. The van der Waals surface area contributed by atoms with E-state index >= 15 is 0 Å². The third-order valence-corrected chi connectivity index (χ3v) is 3.67. The molecule has 0 radical (unpaired) electrons. The molecule has 0 amide bonds. The fourth-order valence-electron chi connectivity index (χ4n) is 2.25. The average molecular weight is 304 g/mol. The van der Waals surface area contributed by atoms with Crippen molar-refractivity contribution in [2.24, 2.45) is 5.92 Å². The van der Waals surface area contributed by atoms with Crippen molar-refractivity contribution in [1.29, 1.82) is 0 Å². The number of carbonyl (C=O) groups is 1. The Morgan fingerprint density at radius 3 is 2.38 bits per heavy atom. The van der Waals surface area contributed by atoms with E-state index in [1.165, 1.54) is 5.56 Å². The van der Waals surface area contributed by atoms with Crippen molar-refractivity contribution in [1.82, 2.24) is 0 Å². The summed E-state index contributed by atoms with van der Waals surface area (Å²) in [7, 11) is 0. The first-order valence-corrected chi connectivity index (χ1v) is 7.21. The SMILES string of the molecule is CC(C)C(Nc1ccc(Cl)c(C(=O)O)c1)c1ccccc1. The van der Waals surface area contributed by atoms with Gasteiger partial charge in [-0.1, -0.05) is 55.8 Å². The standard InChI is InChI=1S/C17H18ClNO2/c1-11(2)16(12-6-4-3-5-7-12)19-13-8-9-15(18)14(10-13)17(20)21/h3-11,16,19H,1-2H3,(H,20,21). The summed E-state index contributed by atoms with van der Waals surface area (Å²) < 4.78 is 0. The fourth-order valence-corrected chi connectivity index (χ4v) is 2.45. The highest BCUT2D eigenvalue weighted by molar-refractivity contribution is 6.33. The van der Waals surface area contributed by atoms with Crippen LogP contribution in [0.15, 0.2) is 48.5 Å². The molecule has 0 bridgehead atoms. The topological polar surface area (TPSA) is 49.3 Å². The Balaban J connectivity index is 2.30. The van der Waals surface area contributed by atoms with Crippen molar-refractivity contribution in [3.63, 3.8) is 0 Å². The van der Waals surface area contributed by atoms with Crippen molar-refractivity contribution in [2.75, 3.05) is 5.32 Å². The maximum atomic E-state index is 11.2. The van der Waals surface area contributed by atoms with Gasteiger partial charge in [0.1, 0.15) is 0 Å². The minimum absolute atomic E-state index is 0.106. The first-order valence-electron chi connectivity index (χ1n) is 6.83. The van der Waals surface area contributed by atoms with E-state index in [1.54, 1.807) is 18.2 Å². The van der Waals surface area contributed by atoms with Gasteiger partial charge < -0.3 is 10.4 Å². The number of anilines is 1. The van der Waals surface area contributed by atoms with Gasteiger partial charge in [-0.15, -0.1) is 0 Å². The molecular weight excluding hydrogens is 286 g/mol. The van der Waals surface area contributed by atoms with Crippen LogP contribution in [0.5, 0.6) is 0 Å². The van der Waals surface area contributed by atoms with Crippen molar-refractivity contribution >= 4 is 23.3 Å². The molecule has 2 rings (SSSR count). The molecule has 0 saturated carbocycles. The van der Waals surface area contributed by atoms with Gasteiger partial charge in [0.25, 0.3) is 0 Å². The van der Waals surface area contributed by atoms with Crippen molar-refractivity contribution < 1.29 is 9.90 Å². The van der Waals surface area contributed by atoms with Crippen molar-refractivity contribution in [2.45, 2.75) is 19.9 Å². The lowest BCUT2D eigenvalue weighted by molar-refractivity contribution is 0.0697. The van der Waals surface area contributed by atoms with Crippen LogP contribution in [0, 0.1) is 5.92 Å². The maximum Gasteiger partial charge on any atom is 0.337 e. The molecule has 21 heavy (non-hydrogen) atoms. The minimum atomic E-state index is -1.02. The molecule has 0 aliphatic heterocycles. The van der Waals surface area contributed by atoms with Crippen LogP contribution < -0.4 is 5.32 Å². The second-order valence-electron chi connectivity index (χ2n) is 5.28. The highest BCUT2D eigenvalue weighted by Crippen LogP contribution is 2.28.